The Balaban J connectivity index is 2.62. The third-order valence-corrected chi connectivity index (χ3v) is 3.04. The van der Waals surface area contributed by atoms with Crippen LogP contribution in [0.5, 0.6) is 0 Å². The number of carbonyl (C=O) groups is 2. The molecular weight excluding hydrogens is 268 g/mol. The molecule has 2 N–H and O–H groups in total. The number of carboxylic acids is 1. The third-order valence-electron chi connectivity index (χ3n) is 3.04. The Morgan fingerprint density at radius 2 is 1.80 bits per heavy atom. The van der Waals surface area contributed by atoms with E-state index in [4.69, 9.17) is 5.11 Å². The van der Waals surface area contributed by atoms with Gasteiger partial charge in [0.1, 0.15) is 11.6 Å². The molecule has 0 spiro atoms. The van der Waals surface area contributed by atoms with Gasteiger partial charge in [0, 0.05) is 12.1 Å². The predicted octanol–water partition coefficient (Wildman–Crippen LogP) is 1.98. The van der Waals surface area contributed by atoms with Crippen molar-refractivity contribution in [3.63, 3.8) is 0 Å². The molecule has 1 rings (SSSR count). The fourth-order valence-corrected chi connectivity index (χ4v) is 1.76. The Morgan fingerprint density at radius 3 is 2.25 bits per heavy atom. The molecule has 0 aliphatic rings. The number of carbonyl (C=O) groups excluding carboxylic acids is 1. The number of halogens is 2. The van der Waals surface area contributed by atoms with Crippen molar-refractivity contribution in [1.82, 2.24) is 5.32 Å². The summed E-state index contributed by atoms with van der Waals surface area (Å²) in [5, 5.41) is 11.4. The molecular formula is C14H17F2NO3. The molecule has 0 saturated carbocycles. The lowest BCUT2D eigenvalue weighted by atomic mass is 9.96. The molecule has 1 atom stereocenters. The van der Waals surface area contributed by atoms with Crippen LogP contribution in [0.2, 0.25) is 0 Å². The lowest BCUT2D eigenvalue weighted by molar-refractivity contribution is -0.143. The molecule has 0 heterocycles. The van der Waals surface area contributed by atoms with E-state index in [1.807, 2.05) is 0 Å². The van der Waals surface area contributed by atoms with Crippen LogP contribution in [0.4, 0.5) is 8.78 Å². The number of hydrogen-bond acceptors (Lipinski definition) is 2. The van der Waals surface area contributed by atoms with Gasteiger partial charge >= 0.3 is 5.97 Å². The maximum Gasteiger partial charge on any atom is 0.308 e. The Hall–Kier alpha value is -1.98. The molecule has 110 valence electrons. The van der Waals surface area contributed by atoms with Crippen LogP contribution in [0.15, 0.2) is 18.2 Å². The molecule has 0 fully saturated rings. The van der Waals surface area contributed by atoms with Gasteiger partial charge in [0.05, 0.1) is 12.3 Å². The molecule has 0 aliphatic heterocycles. The molecule has 0 bridgehead atoms. The van der Waals surface area contributed by atoms with Gasteiger partial charge in [-0.1, -0.05) is 19.9 Å². The van der Waals surface area contributed by atoms with Gasteiger partial charge in [-0.2, -0.15) is 0 Å². The number of hydrogen-bond donors (Lipinski definition) is 2. The predicted molar refractivity (Wildman–Crippen MR) is 69.0 cm³/mol. The molecule has 6 heteroatoms. The van der Waals surface area contributed by atoms with Crippen LogP contribution in [0.25, 0.3) is 0 Å². The Morgan fingerprint density at radius 1 is 1.25 bits per heavy atom. The first kappa shape index (κ1) is 16.1. The van der Waals surface area contributed by atoms with Crippen molar-refractivity contribution in [3.8, 4) is 0 Å². The van der Waals surface area contributed by atoms with Crippen LogP contribution in [-0.2, 0) is 16.0 Å². The first-order valence-corrected chi connectivity index (χ1v) is 6.25. The zero-order valence-corrected chi connectivity index (χ0v) is 11.3. The topological polar surface area (TPSA) is 66.4 Å². The molecule has 4 nitrogen and oxygen atoms in total. The highest BCUT2D eigenvalue weighted by atomic mass is 19.1. The first-order valence-electron chi connectivity index (χ1n) is 6.25. The lowest BCUT2D eigenvalue weighted by Gasteiger charge is -2.16. The number of amides is 1. The highest BCUT2D eigenvalue weighted by molar-refractivity contribution is 5.79. The van der Waals surface area contributed by atoms with E-state index < -0.39 is 35.8 Å². The van der Waals surface area contributed by atoms with Crippen LogP contribution < -0.4 is 5.32 Å². The quantitative estimate of drug-likeness (QED) is 0.840. The van der Waals surface area contributed by atoms with E-state index in [0.717, 1.165) is 12.1 Å². The van der Waals surface area contributed by atoms with Crippen molar-refractivity contribution in [1.29, 1.82) is 0 Å². The molecule has 1 aromatic carbocycles. The zero-order chi connectivity index (χ0) is 15.3. The van der Waals surface area contributed by atoms with Crippen LogP contribution in [-0.4, -0.2) is 23.5 Å². The van der Waals surface area contributed by atoms with Crippen molar-refractivity contribution < 1.29 is 23.5 Å². The summed E-state index contributed by atoms with van der Waals surface area (Å²) in [6.07, 6.45) is -0.455. The summed E-state index contributed by atoms with van der Waals surface area (Å²) in [6, 6.07) is 3.35. The van der Waals surface area contributed by atoms with Gasteiger partial charge in [-0.05, 0) is 18.1 Å². The van der Waals surface area contributed by atoms with Crippen molar-refractivity contribution in [2.24, 2.45) is 11.8 Å². The fraction of sp³-hybridized carbons (Fsp3) is 0.429. The van der Waals surface area contributed by atoms with E-state index in [9.17, 15) is 18.4 Å². The largest absolute Gasteiger partial charge is 0.481 e. The van der Waals surface area contributed by atoms with Crippen LogP contribution in [0.3, 0.4) is 0 Å². The Labute approximate surface area is 115 Å². The summed E-state index contributed by atoms with van der Waals surface area (Å²) in [4.78, 5) is 22.6. The van der Waals surface area contributed by atoms with Gasteiger partial charge in [0.2, 0.25) is 5.91 Å². The number of benzene rings is 1. The van der Waals surface area contributed by atoms with Crippen molar-refractivity contribution in [2.75, 3.05) is 6.54 Å². The monoisotopic (exact) mass is 285 g/mol. The zero-order valence-electron chi connectivity index (χ0n) is 11.3. The number of carboxylic acid groups (broad SMARTS) is 1. The van der Waals surface area contributed by atoms with Crippen LogP contribution in [0, 0.1) is 23.5 Å². The number of aliphatic carboxylic acids is 1. The van der Waals surface area contributed by atoms with Crippen LogP contribution in [0.1, 0.15) is 19.4 Å². The maximum absolute atomic E-state index is 13.4. The molecule has 0 saturated heterocycles. The normalized spacial score (nSPS) is 12.2. The second-order valence-electron chi connectivity index (χ2n) is 4.87. The van der Waals surface area contributed by atoms with Gasteiger partial charge in [-0.15, -0.1) is 0 Å². The van der Waals surface area contributed by atoms with Crippen molar-refractivity contribution in [3.05, 3.63) is 35.4 Å². The van der Waals surface area contributed by atoms with Gasteiger partial charge < -0.3 is 10.4 Å². The summed E-state index contributed by atoms with van der Waals surface area (Å²) in [7, 11) is 0. The SMILES string of the molecule is CC(C)C(CNC(=O)Cc1c(F)cccc1F)C(=O)O. The van der Waals surface area contributed by atoms with E-state index in [0.29, 0.717) is 0 Å². The van der Waals surface area contributed by atoms with Gasteiger partial charge in [-0.3, -0.25) is 9.59 Å². The summed E-state index contributed by atoms with van der Waals surface area (Å²) < 4.78 is 26.7. The second-order valence-corrected chi connectivity index (χ2v) is 4.87. The highest BCUT2D eigenvalue weighted by Gasteiger charge is 2.22. The van der Waals surface area contributed by atoms with Crippen LogP contribution >= 0.6 is 0 Å². The third kappa shape index (κ3) is 4.29. The summed E-state index contributed by atoms with van der Waals surface area (Å²) in [6.45, 7) is 3.38. The molecule has 0 aliphatic carbocycles. The molecule has 0 aromatic heterocycles. The van der Waals surface area contributed by atoms with E-state index in [-0.39, 0.29) is 18.0 Å². The summed E-state index contributed by atoms with van der Waals surface area (Å²) >= 11 is 0. The minimum Gasteiger partial charge on any atom is -0.481 e. The average Bonchev–Trinajstić information content (AvgIpc) is 2.33. The first-order chi connectivity index (χ1) is 9.32. The molecule has 1 unspecified atom stereocenters. The standard InChI is InChI=1S/C14H17F2NO3/c1-8(2)10(14(19)20)7-17-13(18)6-9-11(15)4-3-5-12(9)16/h3-5,8,10H,6-7H2,1-2H3,(H,17,18)(H,19,20). The molecule has 1 aromatic rings. The Bertz CT molecular complexity index is 483. The Kier molecular flexibility index (Phi) is 5.61. The summed E-state index contributed by atoms with van der Waals surface area (Å²) in [5.41, 5.74) is -0.318. The second kappa shape index (κ2) is 6.98. The minimum absolute atomic E-state index is 0.0676. The van der Waals surface area contributed by atoms with E-state index in [2.05, 4.69) is 5.32 Å². The minimum atomic E-state index is -1.02. The molecule has 0 radical (unpaired) electrons. The smallest absolute Gasteiger partial charge is 0.308 e. The molecule has 1 amide bonds. The van der Waals surface area contributed by atoms with Gasteiger partial charge in [0.25, 0.3) is 0 Å². The fourth-order valence-electron chi connectivity index (χ4n) is 1.76. The summed E-state index contributed by atoms with van der Waals surface area (Å²) in [5.74, 6) is -4.10. The van der Waals surface area contributed by atoms with Crippen molar-refractivity contribution >= 4 is 11.9 Å². The molecule has 20 heavy (non-hydrogen) atoms. The van der Waals surface area contributed by atoms with Crippen molar-refractivity contribution in [2.45, 2.75) is 20.3 Å². The van der Waals surface area contributed by atoms with E-state index >= 15 is 0 Å². The number of nitrogens with one attached hydrogen (secondary N) is 1. The van der Waals surface area contributed by atoms with Gasteiger partial charge in [-0.25, -0.2) is 8.78 Å². The van der Waals surface area contributed by atoms with Gasteiger partial charge in [0.15, 0.2) is 0 Å². The van der Waals surface area contributed by atoms with E-state index in [1.54, 1.807) is 13.8 Å². The average molecular weight is 285 g/mol. The highest BCUT2D eigenvalue weighted by Crippen LogP contribution is 2.13. The maximum atomic E-state index is 13.4. The number of rotatable bonds is 6. The van der Waals surface area contributed by atoms with E-state index in [1.165, 1.54) is 6.07 Å². The lowest BCUT2D eigenvalue weighted by Crippen LogP contribution is -2.36.